The molecule has 4 aromatic rings. The number of aryl methyl sites for hydroxylation is 2. The molecule has 4 aromatic heterocycles. The minimum absolute atomic E-state index is 0.279. The van der Waals surface area contributed by atoms with Gasteiger partial charge in [0.25, 0.3) is 0 Å². The van der Waals surface area contributed by atoms with Crippen molar-refractivity contribution in [3.8, 4) is 0 Å². The summed E-state index contributed by atoms with van der Waals surface area (Å²) in [5.41, 5.74) is 9.44. The van der Waals surface area contributed by atoms with Gasteiger partial charge >= 0.3 is 6.03 Å². The Kier molecular flexibility index (Phi) is 4.75. The molecule has 0 atom stereocenters. The number of rotatable bonds is 4. The number of carbonyl (C=O) groups excluding carboxylic acids is 1. The van der Waals surface area contributed by atoms with E-state index in [-0.39, 0.29) is 5.92 Å². The molecule has 29 heavy (non-hydrogen) atoms. The lowest BCUT2D eigenvalue weighted by molar-refractivity contribution is 0.254. The van der Waals surface area contributed by atoms with Crippen LogP contribution in [0.5, 0.6) is 0 Å². The number of hydrogen-bond donors (Lipinski definition) is 3. The van der Waals surface area contributed by atoms with Crippen LogP contribution in [0.4, 0.5) is 16.3 Å². The predicted molar refractivity (Wildman–Crippen MR) is 113 cm³/mol. The zero-order valence-electron chi connectivity index (χ0n) is 16.5. The van der Waals surface area contributed by atoms with Crippen molar-refractivity contribution in [1.82, 2.24) is 29.6 Å². The molecule has 9 nitrogen and oxygen atoms in total. The molecule has 0 radical (unpaired) electrons. The monoisotopic (exact) mass is 412 g/mol. The number of hydrazine groups is 1. The highest BCUT2D eigenvalue weighted by atomic mass is 35.5. The number of nitrogens with zero attached hydrogens (tertiary/aromatic N) is 5. The molecule has 0 saturated carbocycles. The summed E-state index contributed by atoms with van der Waals surface area (Å²) in [5.74, 6) is 0.808. The van der Waals surface area contributed by atoms with Gasteiger partial charge in [-0.3, -0.25) is 19.9 Å². The Morgan fingerprint density at radius 1 is 1.24 bits per heavy atom. The van der Waals surface area contributed by atoms with Crippen LogP contribution in [-0.2, 0) is 7.05 Å². The van der Waals surface area contributed by atoms with Crippen molar-refractivity contribution < 1.29 is 4.79 Å². The fourth-order valence-corrected chi connectivity index (χ4v) is 3.59. The van der Waals surface area contributed by atoms with E-state index in [9.17, 15) is 4.79 Å². The quantitative estimate of drug-likeness (QED) is 0.349. The largest absolute Gasteiger partial charge is 0.337 e. The van der Waals surface area contributed by atoms with Crippen LogP contribution in [0.3, 0.4) is 0 Å². The van der Waals surface area contributed by atoms with Gasteiger partial charge in [0.1, 0.15) is 16.6 Å². The minimum Gasteiger partial charge on any atom is -0.306 e. The summed E-state index contributed by atoms with van der Waals surface area (Å²) < 4.78 is 3.45. The zero-order chi connectivity index (χ0) is 20.7. The number of halogens is 1. The van der Waals surface area contributed by atoms with E-state index < -0.39 is 6.03 Å². The molecule has 0 spiro atoms. The molecular weight excluding hydrogens is 392 g/mol. The lowest BCUT2D eigenvalue weighted by Crippen LogP contribution is -2.34. The Labute approximate surface area is 172 Å². The van der Waals surface area contributed by atoms with E-state index in [2.05, 4.69) is 45.1 Å². The van der Waals surface area contributed by atoms with Crippen molar-refractivity contribution in [3.63, 3.8) is 0 Å². The average Bonchev–Trinajstić information content (AvgIpc) is 3.24. The molecule has 10 heteroatoms. The number of carbonyl (C=O) groups is 1. The lowest BCUT2D eigenvalue weighted by atomic mass is 10.00. The van der Waals surface area contributed by atoms with E-state index in [1.54, 1.807) is 33.6 Å². The average molecular weight is 413 g/mol. The van der Waals surface area contributed by atoms with Crippen LogP contribution in [-0.4, -0.2) is 30.2 Å². The molecule has 0 aromatic carbocycles. The van der Waals surface area contributed by atoms with E-state index in [1.165, 1.54) is 0 Å². The van der Waals surface area contributed by atoms with Gasteiger partial charge in [-0.25, -0.2) is 14.8 Å². The molecule has 4 heterocycles. The summed E-state index contributed by atoms with van der Waals surface area (Å²) in [6.45, 7) is 6.19. The highest BCUT2D eigenvalue weighted by molar-refractivity contribution is 6.30. The second-order valence-corrected chi connectivity index (χ2v) is 7.47. The summed E-state index contributed by atoms with van der Waals surface area (Å²) in [7, 11) is 1.85. The Morgan fingerprint density at radius 2 is 2.03 bits per heavy atom. The number of pyridine rings is 2. The Bertz CT molecular complexity index is 1230. The molecule has 2 amide bonds. The molecule has 0 bridgehead atoms. The topological polar surface area (TPSA) is 101 Å². The Balaban J connectivity index is 1.52. The van der Waals surface area contributed by atoms with Gasteiger partial charge in [0.15, 0.2) is 5.65 Å². The van der Waals surface area contributed by atoms with Crippen LogP contribution in [0.25, 0.3) is 16.7 Å². The molecule has 0 fully saturated rings. The van der Waals surface area contributed by atoms with Crippen LogP contribution in [0.2, 0.25) is 5.15 Å². The molecule has 0 aliphatic carbocycles. The fraction of sp³-hybridized carbons (Fsp3) is 0.263. The molecule has 0 saturated heterocycles. The van der Waals surface area contributed by atoms with E-state index in [0.717, 1.165) is 22.3 Å². The van der Waals surface area contributed by atoms with Crippen LogP contribution in [0.1, 0.15) is 31.0 Å². The van der Waals surface area contributed by atoms with E-state index >= 15 is 0 Å². The fourth-order valence-electron chi connectivity index (χ4n) is 3.33. The summed E-state index contributed by atoms with van der Waals surface area (Å²) in [5, 5.41) is 8.68. The van der Waals surface area contributed by atoms with Gasteiger partial charge in [0.05, 0.1) is 5.69 Å². The standard InChI is InChI=1S/C19H21ClN8O/c1-10(2)13-9-15(23-18-17(13)11(3)26-27(18)4)24-25-19(29)22-12-7-14(20)28-6-5-21-16(28)8-12/h5-10H,1-4H3,(H,23,24)(H2,22,25,29). The lowest BCUT2D eigenvalue weighted by Gasteiger charge is -2.13. The molecule has 0 aliphatic rings. The first-order valence-corrected chi connectivity index (χ1v) is 9.51. The summed E-state index contributed by atoms with van der Waals surface area (Å²) in [6.07, 6.45) is 3.39. The van der Waals surface area contributed by atoms with Crippen molar-refractivity contribution in [2.24, 2.45) is 7.05 Å². The van der Waals surface area contributed by atoms with Crippen molar-refractivity contribution in [2.45, 2.75) is 26.7 Å². The zero-order valence-corrected chi connectivity index (χ0v) is 17.2. The summed E-state index contributed by atoms with van der Waals surface area (Å²) in [4.78, 5) is 21.1. The van der Waals surface area contributed by atoms with E-state index in [1.807, 2.05) is 20.0 Å². The van der Waals surface area contributed by atoms with Crippen molar-refractivity contribution in [3.05, 3.63) is 47.0 Å². The summed E-state index contributed by atoms with van der Waals surface area (Å²) >= 11 is 6.20. The molecule has 0 unspecified atom stereocenters. The molecule has 4 rings (SSSR count). The summed E-state index contributed by atoms with van der Waals surface area (Å²) in [6, 6.07) is 4.85. The van der Waals surface area contributed by atoms with Crippen LogP contribution in [0.15, 0.2) is 30.6 Å². The maximum atomic E-state index is 12.3. The Morgan fingerprint density at radius 3 is 2.79 bits per heavy atom. The third-order valence-corrected chi connectivity index (χ3v) is 4.93. The third kappa shape index (κ3) is 3.56. The number of amides is 2. The molecular formula is C19H21ClN8O. The number of imidazole rings is 1. The number of aromatic nitrogens is 5. The molecule has 0 aliphatic heterocycles. The molecule has 3 N–H and O–H groups in total. The van der Waals surface area contributed by atoms with Crippen molar-refractivity contribution in [2.75, 3.05) is 10.7 Å². The van der Waals surface area contributed by atoms with Crippen LogP contribution in [0, 0.1) is 6.92 Å². The van der Waals surface area contributed by atoms with Gasteiger partial charge in [-0.2, -0.15) is 5.10 Å². The first-order valence-electron chi connectivity index (χ1n) is 9.13. The van der Waals surface area contributed by atoms with Gasteiger partial charge in [-0.05, 0) is 30.5 Å². The number of hydrogen-bond acceptors (Lipinski definition) is 5. The third-order valence-electron chi connectivity index (χ3n) is 4.64. The molecule has 150 valence electrons. The van der Waals surface area contributed by atoms with Gasteiger partial charge < -0.3 is 5.32 Å². The second-order valence-electron chi connectivity index (χ2n) is 7.09. The van der Waals surface area contributed by atoms with Crippen LogP contribution < -0.4 is 16.2 Å². The normalized spacial score (nSPS) is 11.4. The minimum atomic E-state index is -0.453. The SMILES string of the molecule is Cc1nn(C)c2nc(NNC(=O)Nc3cc(Cl)n4ccnc4c3)cc(C(C)C)c12. The Hall–Kier alpha value is -3.33. The number of anilines is 2. The smallest absolute Gasteiger partial charge is 0.306 e. The number of urea groups is 1. The number of nitrogens with one attached hydrogen (secondary N) is 3. The van der Waals surface area contributed by atoms with Gasteiger partial charge in [-0.1, -0.05) is 25.4 Å². The maximum absolute atomic E-state index is 12.3. The second kappa shape index (κ2) is 7.25. The van der Waals surface area contributed by atoms with Crippen LogP contribution >= 0.6 is 11.6 Å². The predicted octanol–water partition coefficient (Wildman–Crippen LogP) is 3.85. The van der Waals surface area contributed by atoms with Gasteiger partial charge in [0.2, 0.25) is 0 Å². The van der Waals surface area contributed by atoms with Gasteiger partial charge in [0, 0.05) is 36.6 Å². The van der Waals surface area contributed by atoms with Crippen molar-refractivity contribution in [1.29, 1.82) is 0 Å². The maximum Gasteiger partial charge on any atom is 0.337 e. The highest BCUT2D eigenvalue weighted by Crippen LogP contribution is 2.29. The first kappa shape index (κ1) is 19.0. The van der Waals surface area contributed by atoms with E-state index in [0.29, 0.717) is 22.3 Å². The first-order chi connectivity index (χ1) is 13.8. The van der Waals surface area contributed by atoms with Crippen molar-refractivity contribution >= 4 is 45.8 Å². The number of fused-ring (bicyclic) bond motifs is 2. The van der Waals surface area contributed by atoms with Gasteiger partial charge in [-0.15, -0.1) is 0 Å². The highest BCUT2D eigenvalue weighted by Gasteiger charge is 2.16. The van der Waals surface area contributed by atoms with E-state index in [4.69, 9.17) is 11.6 Å².